The Morgan fingerprint density at radius 2 is 1.72 bits per heavy atom. The van der Waals surface area contributed by atoms with Gasteiger partial charge in [0.15, 0.2) is 0 Å². The molecule has 14 heteroatoms. The number of aliphatic hydroxyl groups is 3. The minimum atomic E-state index is -1.46. The number of amides is 1. The third-order valence-corrected chi connectivity index (χ3v) is 6.76. The van der Waals surface area contributed by atoms with Crippen LogP contribution in [0.1, 0.15) is 33.1 Å². The molecule has 0 aromatic heterocycles. The molecule has 0 radical (unpaired) electrons. The van der Waals surface area contributed by atoms with Crippen LogP contribution < -0.4 is 15.7 Å². The van der Waals surface area contributed by atoms with Gasteiger partial charge in [-0.1, -0.05) is 6.92 Å². The van der Waals surface area contributed by atoms with Crippen molar-refractivity contribution in [2.24, 2.45) is 11.8 Å². The Morgan fingerprint density at radius 3 is 2.28 bits per heavy atom. The lowest BCUT2D eigenvalue weighted by atomic mass is 9.82. The third kappa shape index (κ3) is 7.77. The number of carbonyl (C=O) groups excluding carboxylic acids is 2. The molecule has 36 heavy (non-hydrogen) atoms. The van der Waals surface area contributed by atoms with Gasteiger partial charge in [0.1, 0.15) is 30.5 Å². The Hall–Kier alpha value is -1.46. The molecular weight excluding hydrogens is 486 g/mol. The van der Waals surface area contributed by atoms with Crippen LogP contribution in [0.4, 0.5) is 0 Å². The highest BCUT2D eigenvalue weighted by Crippen LogP contribution is 2.32. The number of nitrogens with one attached hydrogen (secondary N) is 1. The number of carboxylic acids is 1. The summed E-state index contributed by atoms with van der Waals surface area (Å²) in [5.74, 6) is -3.17. The molecule has 0 aromatic carbocycles. The van der Waals surface area contributed by atoms with Crippen LogP contribution in [0.15, 0.2) is 0 Å². The number of carboxylic acid groups (broad SMARTS) is 1. The van der Waals surface area contributed by atoms with Crippen molar-refractivity contribution in [3.63, 3.8) is 0 Å². The van der Waals surface area contributed by atoms with Crippen molar-refractivity contribution in [2.45, 2.75) is 81.9 Å². The number of hydrogen-bond acceptors (Lipinski definition) is 13. The molecule has 1 amide bonds. The van der Waals surface area contributed by atoms with Crippen LogP contribution >= 0.6 is 0 Å². The lowest BCUT2D eigenvalue weighted by Crippen LogP contribution is -2.63. The van der Waals surface area contributed by atoms with Crippen LogP contribution in [0.2, 0.25) is 0 Å². The molecule has 2 heterocycles. The van der Waals surface area contributed by atoms with Crippen molar-refractivity contribution in [1.29, 1.82) is 0 Å². The standard InChI is InChI=1S/C22H39NO13/c1-4-12-18(26)19(27)14(34-21(12)22(28)29)6-8-32-7-5-13-17(23-11(2)25)16(10-31-3)33-15(9-24)20(13)35-36-30/h12-21,24,26-27,30H,4-10H2,1-3H3,(H,23,25)(H,28,29)/p-2. The zero-order chi connectivity index (χ0) is 26.8. The number of rotatable bonds is 14. The average molecular weight is 524 g/mol. The van der Waals surface area contributed by atoms with Gasteiger partial charge in [0.05, 0.1) is 37.4 Å². The average Bonchev–Trinajstić information content (AvgIpc) is 2.83. The summed E-state index contributed by atoms with van der Waals surface area (Å²) in [6.07, 6.45) is -6.86. The summed E-state index contributed by atoms with van der Waals surface area (Å²) in [7, 11) is 1.45. The fourth-order valence-corrected chi connectivity index (χ4v) is 5.02. The first kappa shape index (κ1) is 30.8. The summed E-state index contributed by atoms with van der Waals surface area (Å²) in [6.45, 7) is 2.78. The van der Waals surface area contributed by atoms with Crippen molar-refractivity contribution < 1.29 is 64.1 Å². The van der Waals surface area contributed by atoms with E-state index in [1.54, 1.807) is 6.92 Å². The summed E-state index contributed by atoms with van der Waals surface area (Å²) < 4.78 is 22.1. The molecule has 0 spiro atoms. The number of ether oxygens (including phenoxy) is 4. The van der Waals surface area contributed by atoms with Gasteiger partial charge >= 0.3 is 0 Å². The number of methoxy groups -OCH3 is 1. The lowest BCUT2D eigenvalue weighted by molar-refractivity contribution is -0.807. The molecule has 2 saturated heterocycles. The highest BCUT2D eigenvalue weighted by molar-refractivity contribution is 5.73. The van der Waals surface area contributed by atoms with E-state index >= 15 is 0 Å². The van der Waals surface area contributed by atoms with Crippen molar-refractivity contribution in [2.75, 3.05) is 33.5 Å². The first-order valence-electron chi connectivity index (χ1n) is 12.0. The number of carbonyl (C=O) groups is 2. The normalized spacial score (nSPS) is 37.0. The second-order valence-electron chi connectivity index (χ2n) is 9.03. The van der Waals surface area contributed by atoms with Gasteiger partial charge < -0.3 is 54.7 Å². The van der Waals surface area contributed by atoms with Crippen molar-refractivity contribution in [1.82, 2.24) is 5.32 Å². The molecule has 14 nitrogen and oxygen atoms in total. The fraction of sp³-hybridized carbons (Fsp3) is 0.909. The molecule has 0 aromatic rings. The summed E-state index contributed by atoms with van der Waals surface area (Å²) in [5.41, 5.74) is 0. The van der Waals surface area contributed by atoms with Crippen LogP contribution in [0.5, 0.6) is 0 Å². The Labute approximate surface area is 209 Å². The quantitative estimate of drug-likeness (QED) is 0.0978. The largest absolute Gasteiger partial charge is 0.692 e. The van der Waals surface area contributed by atoms with Gasteiger partial charge in [0.25, 0.3) is 0 Å². The van der Waals surface area contributed by atoms with E-state index in [0.717, 1.165) is 0 Å². The number of hydrogen-bond donors (Lipinski definition) is 4. The third-order valence-electron chi connectivity index (χ3n) is 6.76. The predicted molar refractivity (Wildman–Crippen MR) is 114 cm³/mol. The maximum Gasteiger partial charge on any atom is 0.217 e. The molecule has 0 bridgehead atoms. The molecule has 0 saturated carbocycles. The summed E-state index contributed by atoms with van der Waals surface area (Å²) in [5, 5.41) is 59.0. The van der Waals surface area contributed by atoms with Crippen molar-refractivity contribution in [3.8, 4) is 0 Å². The van der Waals surface area contributed by atoms with E-state index in [2.05, 4.69) is 10.4 Å². The Morgan fingerprint density at radius 1 is 1.03 bits per heavy atom. The van der Waals surface area contributed by atoms with Gasteiger partial charge in [-0.3, -0.25) is 9.83 Å². The van der Waals surface area contributed by atoms with Crippen LogP contribution in [-0.4, -0.2) is 110 Å². The van der Waals surface area contributed by atoms with Gasteiger partial charge in [-0.15, -0.1) is 0 Å². The topological polar surface area (TPSA) is 208 Å². The van der Waals surface area contributed by atoms with Crippen LogP contribution in [0.3, 0.4) is 0 Å². The lowest BCUT2D eigenvalue weighted by Gasteiger charge is -2.46. The van der Waals surface area contributed by atoms with Gasteiger partial charge in [0, 0.05) is 39.1 Å². The number of aliphatic carboxylic acids is 1. The van der Waals surface area contributed by atoms with E-state index < -0.39 is 73.2 Å². The first-order valence-corrected chi connectivity index (χ1v) is 12.0. The van der Waals surface area contributed by atoms with Crippen LogP contribution in [0.25, 0.3) is 0 Å². The maximum absolute atomic E-state index is 11.8. The van der Waals surface area contributed by atoms with Crippen molar-refractivity contribution >= 4 is 11.9 Å². The molecule has 10 unspecified atom stereocenters. The molecule has 4 N–H and O–H groups in total. The minimum absolute atomic E-state index is 0.0491. The fourth-order valence-electron chi connectivity index (χ4n) is 5.02. The van der Waals surface area contributed by atoms with Crippen LogP contribution in [-0.2, 0) is 38.5 Å². The van der Waals surface area contributed by atoms with Gasteiger partial charge in [0.2, 0.25) is 5.91 Å². The van der Waals surface area contributed by atoms with E-state index in [-0.39, 0.29) is 45.0 Å². The summed E-state index contributed by atoms with van der Waals surface area (Å²) >= 11 is 0. The van der Waals surface area contributed by atoms with E-state index in [0.29, 0.717) is 0 Å². The maximum atomic E-state index is 11.8. The molecular formula is C22H37NO13-2. The predicted octanol–water partition coefficient (Wildman–Crippen LogP) is -3.83. The Balaban J connectivity index is 2.00. The zero-order valence-corrected chi connectivity index (χ0v) is 20.6. The summed E-state index contributed by atoms with van der Waals surface area (Å²) in [6, 6.07) is -0.651. The highest BCUT2D eigenvalue weighted by Gasteiger charge is 2.47. The second kappa shape index (κ2) is 15.1. The van der Waals surface area contributed by atoms with E-state index in [9.17, 15) is 35.3 Å². The molecule has 2 fully saturated rings. The van der Waals surface area contributed by atoms with E-state index in [4.69, 9.17) is 23.8 Å². The van der Waals surface area contributed by atoms with E-state index in [1.165, 1.54) is 14.0 Å². The van der Waals surface area contributed by atoms with Gasteiger partial charge in [-0.2, -0.15) is 0 Å². The molecule has 2 aliphatic rings. The molecule has 210 valence electrons. The van der Waals surface area contributed by atoms with Crippen LogP contribution in [0, 0.1) is 11.8 Å². The highest BCUT2D eigenvalue weighted by atomic mass is 17.5. The molecule has 2 rings (SSSR count). The Bertz CT molecular complexity index is 682. The first-order chi connectivity index (χ1) is 17.2. The molecule has 2 aliphatic heterocycles. The second-order valence-corrected chi connectivity index (χ2v) is 9.03. The van der Waals surface area contributed by atoms with Crippen molar-refractivity contribution in [3.05, 3.63) is 0 Å². The van der Waals surface area contributed by atoms with E-state index in [1.807, 2.05) is 0 Å². The van der Waals surface area contributed by atoms with Gasteiger partial charge in [-0.25, -0.2) is 4.89 Å². The zero-order valence-electron chi connectivity index (χ0n) is 20.6. The minimum Gasteiger partial charge on any atom is -0.692 e. The smallest absolute Gasteiger partial charge is 0.217 e. The molecule has 0 aliphatic carbocycles. The van der Waals surface area contributed by atoms with Gasteiger partial charge in [-0.05, 0) is 19.3 Å². The Kier molecular flexibility index (Phi) is 12.9. The summed E-state index contributed by atoms with van der Waals surface area (Å²) in [4.78, 5) is 28.1. The SMILES string of the molecule is CCC1C(C(=O)[O-])OC(CCOCCC2C(NC(C)=O)C(COC)OC(CO)C2OO[O-])C(O)C1O. The monoisotopic (exact) mass is 523 g/mol. The number of aliphatic hydroxyl groups excluding tert-OH is 3. The molecule has 10 atom stereocenters.